The quantitative estimate of drug-likeness (QED) is 0.409. The van der Waals surface area contributed by atoms with E-state index in [1.807, 2.05) is 18.3 Å². The molecule has 0 unspecified atom stereocenters. The summed E-state index contributed by atoms with van der Waals surface area (Å²) in [6.45, 7) is 3.31. The molecule has 0 atom stereocenters. The van der Waals surface area contributed by atoms with Crippen LogP contribution >= 0.6 is 11.6 Å². The summed E-state index contributed by atoms with van der Waals surface area (Å²) in [5, 5.41) is 7.58. The Kier molecular flexibility index (Phi) is 7.84. The Morgan fingerprint density at radius 3 is 2.64 bits per heavy atom. The molecule has 1 aromatic carbocycles. The number of nitrogens with zero attached hydrogens (tertiary/aromatic N) is 3. The molecule has 4 N–H and O–H groups in total. The van der Waals surface area contributed by atoms with E-state index in [2.05, 4.69) is 26.6 Å². The molecule has 7 nitrogen and oxygen atoms in total. The first-order chi connectivity index (χ1) is 17.5. The number of rotatable bonds is 7. The van der Waals surface area contributed by atoms with Crippen molar-refractivity contribution in [1.82, 2.24) is 9.97 Å². The molecular weight excluding hydrogens is 479 g/mol. The second-order valence-electron chi connectivity index (χ2n) is 9.48. The van der Waals surface area contributed by atoms with Gasteiger partial charge in [-0.25, -0.2) is 14.4 Å². The molecule has 2 fully saturated rings. The standard InChI is InChI=1S/C27H32ClFN6O/c28-24-17-32-26(34-22-6-4-21(30)5-7-22)14-23(24)19-13-25(31-15-18-2-1-3-20(29)12-18)27(33-16-19)35-8-10-36-11-9-35/h1-3,12-14,16-17,21-22,31H,4-11,15,30H2,(H,32,34). The van der Waals surface area contributed by atoms with Crippen LogP contribution in [0.3, 0.4) is 0 Å². The van der Waals surface area contributed by atoms with Gasteiger partial charge in [0.15, 0.2) is 5.82 Å². The number of aromatic nitrogens is 2. The number of ether oxygens (including phenoxy) is 1. The van der Waals surface area contributed by atoms with Crippen LogP contribution in [-0.4, -0.2) is 48.4 Å². The normalized spacial score (nSPS) is 20.2. The van der Waals surface area contributed by atoms with Crippen LogP contribution in [0, 0.1) is 5.82 Å². The van der Waals surface area contributed by atoms with Gasteiger partial charge < -0.3 is 26.0 Å². The van der Waals surface area contributed by atoms with E-state index < -0.39 is 0 Å². The number of nitrogens with one attached hydrogen (secondary N) is 2. The van der Waals surface area contributed by atoms with Crippen LogP contribution in [0.4, 0.5) is 21.7 Å². The Balaban J connectivity index is 1.42. The van der Waals surface area contributed by atoms with Gasteiger partial charge in [0.05, 0.1) is 23.9 Å². The van der Waals surface area contributed by atoms with Crippen molar-refractivity contribution in [2.75, 3.05) is 41.8 Å². The Morgan fingerprint density at radius 1 is 1.06 bits per heavy atom. The first-order valence-corrected chi connectivity index (χ1v) is 12.9. The molecule has 190 valence electrons. The van der Waals surface area contributed by atoms with Crippen molar-refractivity contribution in [2.45, 2.75) is 44.3 Å². The Labute approximate surface area is 216 Å². The van der Waals surface area contributed by atoms with E-state index in [1.165, 1.54) is 12.1 Å². The van der Waals surface area contributed by atoms with E-state index in [0.29, 0.717) is 36.9 Å². The summed E-state index contributed by atoms with van der Waals surface area (Å²) < 4.78 is 19.2. The number of nitrogens with two attached hydrogens (primary N) is 1. The maximum Gasteiger partial charge on any atom is 0.152 e. The smallest absolute Gasteiger partial charge is 0.152 e. The maximum atomic E-state index is 13.7. The molecule has 2 aliphatic rings. The van der Waals surface area contributed by atoms with Crippen molar-refractivity contribution in [3.63, 3.8) is 0 Å². The molecule has 3 aromatic rings. The number of morpholine rings is 1. The van der Waals surface area contributed by atoms with Crippen molar-refractivity contribution >= 4 is 28.9 Å². The van der Waals surface area contributed by atoms with Gasteiger partial charge in [-0.1, -0.05) is 23.7 Å². The summed E-state index contributed by atoms with van der Waals surface area (Å²) in [5.74, 6) is 1.39. The zero-order valence-electron chi connectivity index (χ0n) is 20.2. The fourth-order valence-corrected chi connectivity index (χ4v) is 5.03. The third-order valence-corrected chi connectivity index (χ3v) is 7.14. The van der Waals surface area contributed by atoms with E-state index in [9.17, 15) is 4.39 Å². The first kappa shape index (κ1) is 24.7. The Morgan fingerprint density at radius 2 is 1.86 bits per heavy atom. The van der Waals surface area contributed by atoms with Gasteiger partial charge in [0.2, 0.25) is 0 Å². The zero-order chi connectivity index (χ0) is 24.9. The Hall–Kier alpha value is -2.94. The second-order valence-corrected chi connectivity index (χ2v) is 9.89. The maximum absolute atomic E-state index is 13.7. The average Bonchev–Trinajstić information content (AvgIpc) is 2.90. The van der Waals surface area contributed by atoms with E-state index in [-0.39, 0.29) is 5.82 Å². The number of benzene rings is 1. The average molecular weight is 511 g/mol. The summed E-state index contributed by atoms with van der Waals surface area (Å²) in [5.41, 5.74) is 9.52. The van der Waals surface area contributed by atoms with Gasteiger partial charge >= 0.3 is 0 Å². The Bertz CT molecular complexity index is 1180. The third-order valence-electron chi connectivity index (χ3n) is 6.84. The molecule has 0 spiro atoms. The van der Waals surface area contributed by atoms with E-state index in [4.69, 9.17) is 27.1 Å². The number of hydrogen-bond acceptors (Lipinski definition) is 7. The molecular formula is C27H32ClFN6O. The monoisotopic (exact) mass is 510 g/mol. The predicted molar refractivity (Wildman–Crippen MR) is 143 cm³/mol. The third kappa shape index (κ3) is 6.06. The summed E-state index contributed by atoms with van der Waals surface area (Å²) in [6, 6.07) is 11.3. The lowest BCUT2D eigenvalue weighted by Crippen LogP contribution is -2.37. The van der Waals surface area contributed by atoms with Crippen molar-refractivity contribution < 1.29 is 9.13 Å². The largest absolute Gasteiger partial charge is 0.378 e. The molecule has 36 heavy (non-hydrogen) atoms. The summed E-state index contributed by atoms with van der Waals surface area (Å²) >= 11 is 6.60. The lowest BCUT2D eigenvalue weighted by atomic mass is 9.92. The van der Waals surface area contributed by atoms with E-state index in [1.54, 1.807) is 12.3 Å². The predicted octanol–water partition coefficient (Wildman–Crippen LogP) is 5.07. The minimum Gasteiger partial charge on any atom is -0.378 e. The molecule has 2 aromatic heterocycles. The van der Waals surface area contributed by atoms with E-state index >= 15 is 0 Å². The molecule has 5 rings (SSSR count). The van der Waals surface area contributed by atoms with Crippen LogP contribution in [-0.2, 0) is 11.3 Å². The molecule has 1 saturated carbocycles. The molecule has 1 saturated heterocycles. The summed E-state index contributed by atoms with van der Waals surface area (Å²) in [4.78, 5) is 11.5. The molecule has 0 radical (unpaired) electrons. The number of hydrogen-bond donors (Lipinski definition) is 3. The highest BCUT2D eigenvalue weighted by molar-refractivity contribution is 6.33. The fourth-order valence-electron chi connectivity index (χ4n) is 4.82. The lowest BCUT2D eigenvalue weighted by molar-refractivity contribution is 0.122. The van der Waals surface area contributed by atoms with Crippen molar-refractivity contribution in [2.24, 2.45) is 5.73 Å². The van der Waals surface area contributed by atoms with Crippen molar-refractivity contribution in [3.8, 4) is 11.1 Å². The highest BCUT2D eigenvalue weighted by atomic mass is 35.5. The van der Waals surface area contributed by atoms with E-state index in [0.717, 1.165) is 72.8 Å². The van der Waals surface area contributed by atoms with Crippen LogP contribution in [0.25, 0.3) is 11.1 Å². The van der Waals surface area contributed by atoms with Crippen molar-refractivity contribution in [3.05, 3.63) is 65.2 Å². The van der Waals surface area contributed by atoms with Gasteiger partial charge in [-0.15, -0.1) is 0 Å². The second kappa shape index (κ2) is 11.4. The molecule has 0 bridgehead atoms. The number of halogens is 2. The SMILES string of the molecule is NC1CCC(Nc2cc(-c3cnc(N4CCOCC4)c(NCc4cccc(F)c4)c3)c(Cl)cn2)CC1. The van der Waals surface area contributed by atoms with Crippen LogP contribution < -0.4 is 21.3 Å². The van der Waals surface area contributed by atoms with Crippen LogP contribution in [0.5, 0.6) is 0 Å². The van der Waals surface area contributed by atoms with Gasteiger partial charge in [-0.05, 0) is 55.5 Å². The van der Waals surface area contributed by atoms with Gasteiger partial charge in [0, 0.05) is 55.2 Å². The van der Waals surface area contributed by atoms with Crippen molar-refractivity contribution in [1.29, 1.82) is 0 Å². The minimum atomic E-state index is -0.252. The van der Waals surface area contributed by atoms with Crippen LogP contribution in [0.2, 0.25) is 5.02 Å². The van der Waals surface area contributed by atoms with Gasteiger partial charge in [0.25, 0.3) is 0 Å². The molecule has 1 aliphatic carbocycles. The van der Waals surface area contributed by atoms with Gasteiger partial charge in [-0.2, -0.15) is 0 Å². The minimum absolute atomic E-state index is 0.252. The molecule has 1 aliphatic heterocycles. The fraction of sp³-hybridized carbons (Fsp3) is 0.407. The van der Waals surface area contributed by atoms with Crippen LogP contribution in [0.15, 0.2) is 48.8 Å². The number of anilines is 3. The topological polar surface area (TPSA) is 88.3 Å². The van der Waals surface area contributed by atoms with Gasteiger partial charge in [-0.3, -0.25) is 0 Å². The lowest BCUT2D eigenvalue weighted by Gasteiger charge is -2.30. The molecule has 3 heterocycles. The van der Waals surface area contributed by atoms with Crippen LogP contribution in [0.1, 0.15) is 31.2 Å². The number of pyridine rings is 2. The molecule has 9 heteroatoms. The highest BCUT2D eigenvalue weighted by Gasteiger charge is 2.20. The zero-order valence-corrected chi connectivity index (χ0v) is 21.0. The summed E-state index contributed by atoms with van der Waals surface area (Å²) in [7, 11) is 0. The highest BCUT2D eigenvalue weighted by Crippen LogP contribution is 2.35. The summed E-state index contributed by atoms with van der Waals surface area (Å²) in [6.07, 6.45) is 7.64. The van der Waals surface area contributed by atoms with Gasteiger partial charge in [0.1, 0.15) is 11.6 Å². The molecule has 0 amide bonds. The first-order valence-electron chi connectivity index (χ1n) is 12.5.